The summed E-state index contributed by atoms with van der Waals surface area (Å²) in [5.41, 5.74) is 1.26. The molecule has 0 amide bonds. The first-order valence-corrected chi connectivity index (χ1v) is 6.93. The fraction of sp³-hybridized carbons (Fsp3) is 0.385. The van der Waals surface area contributed by atoms with Gasteiger partial charge in [-0.3, -0.25) is 0 Å². The van der Waals surface area contributed by atoms with Crippen LogP contribution in [0.2, 0.25) is 0 Å². The van der Waals surface area contributed by atoms with Crippen LogP contribution in [-0.4, -0.2) is 21.3 Å². The summed E-state index contributed by atoms with van der Waals surface area (Å²) in [7, 11) is 0. The van der Waals surface area contributed by atoms with Gasteiger partial charge in [0.05, 0.1) is 6.04 Å². The lowest BCUT2D eigenvalue weighted by molar-refractivity contribution is 0.431. The van der Waals surface area contributed by atoms with Gasteiger partial charge in [0.15, 0.2) is 0 Å². The maximum Gasteiger partial charge on any atom is 0.149 e. The topological polar surface area (TPSA) is 42.7 Å². The number of fused-ring (bicyclic) bond motifs is 1. The minimum atomic E-state index is 0.294. The van der Waals surface area contributed by atoms with Crippen molar-refractivity contribution in [3.63, 3.8) is 0 Å². The first-order chi connectivity index (χ1) is 8.74. The fourth-order valence-electron chi connectivity index (χ4n) is 2.36. The molecule has 1 atom stereocenters. The molecule has 1 unspecified atom stereocenters. The molecule has 5 heteroatoms. The molecule has 18 heavy (non-hydrogen) atoms. The van der Waals surface area contributed by atoms with Crippen LogP contribution in [0.4, 0.5) is 0 Å². The molecule has 94 valence electrons. The van der Waals surface area contributed by atoms with E-state index in [2.05, 4.69) is 61.1 Å². The predicted molar refractivity (Wildman–Crippen MR) is 73.4 cm³/mol. The summed E-state index contributed by atoms with van der Waals surface area (Å²) < 4.78 is 3.34. The van der Waals surface area contributed by atoms with Crippen molar-refractivity contribution in [2.75, 3.05) is 6.54 Å². The van der Waals surface area contributed by atoms with E-state index in [0.717, 1.165) is 35.6 Å². The lowest BCUT2D eigenvalue weighted by atomic mass is 10.1. The molecule has 0 saturated carbocycles. The molecule has 1 aromatic carbocycles. The molecule has 2 heterocycles. The highest BCUT2D eigenvalue weighted by molar-refractivity contribution is 9.10. The number of hydrogen-bond acceptors (Lipinski definition) is 3. The average Bonchev–Trinajstić information content (AvgIpc) is 2.74. The molecule has 4 nitrogen and oxygen atoms in total. The van der Waals surface area contributed by atoms with E-state index in [1.807, 2.05) is 6.07 Å². The minimum Gasteiger partial charge on any atom is -0.312 e. The highest BCUT2D eigenvalue weighted by atomic mass is 79.9. The molecule has 0 aliphatic carbocycles. The third-order valence-electron chi connectivity index (χ3n) is 3.28. The van der Waals surface area contributed by atoms with E-state index in [4.69, 9.17) is 0 Å². The van der Waals surface area contributed by atoms with Gasteiger partial charge in [-0.05, 0) is 24.6 Å². The predicted octanol–water partition coefficient (Wildman–Crippen LogP) is 2.30. The zero-order valence-corrected chi connectivity index (χ0v) is 11.8. The first kappa shape index (κ1) is 11.9. The van der Waals surface area contributed by atoms with Crippen LogP contribution >= 0.6 is 15.9 Å². The van der Waals surface area contributed by atoms with Gasteiger partial charge >= 0.3 is 0 Å². The van der Waals surface area contributed by atoms with Crippen LogP contribution in [0, 0.1) is 0 Å². The van der Waals surface area contributed by atoms with Gasteiger partial charge in [0, 0.05) is 24.0 Å². The lowest BCUT2D eigenvalue weighted by Crippen LogP contribution is -2.32. The van der Waals surface area contributed by atoms with Crippen molar-refractivity contribution in [3.05, 3.63) is 46.0 Å². The van der Waals surface area contributed by atoms with Crippen molar-refractivity contribution >= 4 is 15.9 Å². The Balaban J connectivity index is 1.90. The Morgan fingerprint density at radius 1 is 1.44 bits per heavy atom. The van der Waals surface area contributed by atoms with E-state index in [9.17, 15) is 0 Å². The molecule has 1 aliphatic rings. The third kappa shape index (κ3) is 2.20. The zero-order valence-electron chi connectivity index (χ0n) is 10.2. The summed E-state index contributed by atoms with van der Waals surface area (Å²) in [6.07, 6.45) is 0.832. The van der Waals surface area contributed by atoms with Crippen molar-refractivity contribution in [1.29, 1.82) is 0 Å². The zero-order chi connectivity index (χ0) is 12.5. The van der Waals surface area contributed by atoms with Gasteiger partial charge in [-0.2, -0.15) is 0 Å². The van der Waals surface area contributed by atoms with Crippen LogP contribution in [0.15, 0.2) is 28.7 Å². The van der Waals surface area contributed by atoms with Gasteiger partial charge in [-0.1, -0.05) is 28.1 Å². The van der Waals surface area contributed by atoms with Gasteiger partial charge in [0.25, 0.3) is 0 Å². The molecular formula is C13H15BrN4. The molecule has 0 radical (unpaired) electrons. The Morgan fingerprint density at radius 2 is 2.33 bits per heavy atom. The number of aromatic nitrogens is 3. The Kier molecular flexibility index (Phi) is 3.18. The van der Waals surface area contributed by atoms with Gasteiger partial charge < -0.3 is 9.88 Å². The largest absolute Gasteiger partial charge is 0.312 e. The van der Waals surface area contributed by atoms with Crippen LogP contribution in [-0.2, 0) is 13.0 Å². The maximum absolute atomic E-state index is 4.33. The van der Waals surface area contributed by atoms with E-state index in [1.165, 1.54) is 5.56 Å². The second-order valence-electron chi connectivity index (χ2n) is 4.61. The number of rotatable bonds is 2. The monoisotopic (exact) mass is 306 g/mol. The van der Waals surface area contributed by atoms with Crippen LogP contribution < -0.4 is 5.32 Å². The molecular weight excluding hydrogens is 292 g/mol. The second kappa shape index (κ2) is 4.82. The lowest BCUT2D eigenvalue weighted by Gasteiger charge is -2.21. The van der Waals surface area contributed by atoms with Crippen molar-refractivity contribution in [3.8, 4) is 0 Å². The summed E-state index contributed by atoms with van der Waals surface area (Å²) in [5, 5.41) is 12.0. The number of benzene rings is 1. The third-order valence-corrected chi connectivity index (χ3v) is 3.77. The van der Waals surface area contributed by atoms with Crippen LogP contribution in [0.25, 0.3) is 0 Å². The van der Waals surface area contributed by atoms with Crippen molar-refractivity contribution in [2.24, 2.45) is 0 Å². The number of nitrogens with zero attached hydrogens (tertiary/aromatic N) is 3. The fourth-order valence-corrected chi connectivity index (χ4v) is 2.80. The highest BCUT2D eigenvalue weighted by Gasteiger charge is 2.21. The molecule has 0 spiro atoms. The van der Waals surface area contributed by atoms with E-state index in [1.54, 1.807) is 0 Å². The van der Waals surface area contributed by atoms with Crippen LogP contribution in [0.1, 0.15) is 30.2 Å². The highest BCUT2D eigenvalue weighted by Crippen LogP contribution is 2.19. The SMILES string of the molecule is CC1NCCn2c(Cc3cccc(Br)c3)nnc21. The standard InChI is InChI=1S/C13H15BrN4/c1-9-13-17-16-12(18(13)6-5-15-9)8-10-3-2-4-11(14)7-10/h2-4,7,9,15H,5-6,8H2,1H3. The van der Waals surface area contributed by atoms with Crippen molar-refractivity contribution < 1.29 is 0 Å². The van der Waals surface area contributed by atoms with Crippen molar-refractivity contribution in [2.45, 2.75) is 25.9 Å². The quantitative estimate of drug-likeness (QED) is 0.926. The van der Waals surface area contributed by atoms with Gasteiger partial charge in [-0.15, -0.1) is 10.2 Å². The average molecular weight is 307 g/mol. The Bertz CT molecular complexity index is 564. The number of halogens is 1. The smallest absolute Gasteiger partial charge is 0.149 e. The number of hydrogen-bond donors (Lipinski definition) is 1. The molecule has 0 bridgehead atoms. The van der Waals surface area contributed by atoms with Gasteiger partial charge in [-0.25, -0.2) is 0 Å². The van der Waals surface area contributed by atoms with Gasteiger partial charge in [0.1, 0.15) is 11.6 Å². The Labute approximate surface area is 115 Å². The van der Waals surface area contributed by atoms with Crippen molar-refractivity contribution in [1.82, 2.24) is 20.1 Å². The summed E-state index contributed by atoms with van der Waals surface area (Å²) >= 11 is 3.50. The molecule has 1 aromatic heterocycles. The Hall–Kier alpha value is -1.20. The molecule has 2 aromatic rings. The first-order valence-electron chi connectivity index (χ1n) is 6.14. The summed E-state index contributed by atoms with van der Waals surface area (Å²) in [5.74, 6) is 2.10. The molecule has 0 fully saturated rings. The summed E-state index contributed by atoms with van der Waals surface area (Å²) in [6, 6.07) is 8.64. The van der Waals surface area contributed by atoms with Crippen LogP contribution in [0.3, 0.4) is 0 Å². The van der Waals surface area contributed by atoms with E-state index in [0.29, 0.717) is 6.04 Å². The van der Waals surface area contributed by atoms with E-state index in [-0.39, 0.29) is 0 Å². The van der Waals surface area contributed by atoms with E-state index >= 15 is 0 Å². The number of nitrogens with one attached hydrogen (secondary N) is 1. The second-order valence-corrected chi connectivity index (χ2v) is 5.52. The summed E-state index contributed by atoms with van der Waals surface area (Å²) in [6.45, 7) is 4.07. The molecule has 3 rings (SSSR count). The van der Waals surface area contributed by atoms with Crippen LogP contribution in [0.5, 0.6) is 0 Å². The normalized spacial score (nSPS) is 18.7. The molecule has 0 saturated heterocycles. The minimum absolute atomic E-state index is 0.294. The summed E-state index contributed by atoms with van der Waals surface area (Å²) in [4.78, 5) is 0. The molecule has 1 N–H and O–H groups in total. The molecule has 1 aliphatic heterocycles. The maximum atomic E-state index is 4.33. The Morgan fingerprint density at radius 3 is 3.17 bits per heavy atom. The van der Waals surface area contributed by atoms with E-state index < -0.39 is 0 Å². The van der Waals surface area contributed by atoms with Gasteiger partial charge in [0.2, 0.25) is 0 Å².